The summed E-state index contributed by atoms with van der Waals surface area (Å²) >= 11 is 0. The van der Waals surface area contributed by atoms with Crippen LogP contribution in [-0.4, -0.2) is 0 Å². The maximum atomic E-state index is 5.49. The average molecular weight is 186 g/mol. The topological polar surface area (TPSA) is 13.1 Å². The predicted octanol–water partition coefficient (Wildman–Crippen LogP) is 3.87. The molecule has 1 heteroatoms. The van der Waals surface area contributed by atoms with Crippen LogP contribution >= 0.6 is 0 Å². The fraction of sp³-hybridized carbons (Fsp3) is 0.231. The van der Waals surface area contributed by atoms with Crippen molar-refractivity contribution >= 4 is 0 Å². The highest BCUT2D eigenvalue weighted by Gasteiger charge is 2.06. The summed E-state index contributed by atoms with van der Waals surface area (Å²) in [5.74, 6) is 0.962. The molecule has 0 N–H and O–H groups in total. The first-order valence-corrected chi connectivity index (χ1v) is 4.80. The van der Waals surface area contributed by atoms with Crippen LogP contribution in [0, 0.1) is 20.8 Å². The maximum Gasteiger partial charge on any atom is 0.134 e. The highest BCUT2D eigenvalue weighted by atomic mass is 16.3. The molecule has 0 saturated carbocycles. The van der Waals surface area contributed by atoms with Crippen LogP contribution in [0.4, 0.5) is 0 Å². The molecular formula is C13H14O. The van der Waals surface area contributed by atoms with Gasteiger partial charge in [0, 0.05) is 5.56 Å². The van der Waals surface area contributed by atoms with Gasteiger partial charge in [-0.3, -0.25) is 0 Å². The molecule has 14 heavy (non-hydrogen) atoms. The first-order valence-electron chi connectivity index (χ1n) is 4.80. The van der Waals surface area contributed by atoms with Crippen LogP contribution in [0.25, 0.3) is 11.3 Å². The van der Waals surface area contributed by atoms with Gasteiger partial charge in [-0.2, -0.15) is 0 Å². The average Bonchev–Trinajstić information content (AvgIpc) is 2.57. The number of rotatable bonds is 1. The Hall–Kier alpha value is -1.50. The van der Waals surface area contributed by atoms with Crippen molar-refractivity contribution in [3.8, 4) is 11.3 Å². The number of hydrogen-bond acceptors (Lipinski definition) is 1. The second-order valence-corrected chi connectivity index (χ2v) is 3.74. The number of benzene rings is 1. The van der Waals surface area contributed by atoms with Crippen LogP contribution in [-0.2, 0) is 0 Å². The fourth-order valence-corrected chi connectivity index (χ4v) is 1.59. The number of hydrogen-bond donors (Lipinski definition) is 0. The van der Waals surface area contributed by atoms with Crippen LogP contribution in [0.5, 0.6) is 0 Å². The van der Waals surface area contributed by atoms with E-state index in [2.05, 4.69) is 38.1 Å². The Bertz CT molecular complexity index is 452. The van der Waals surface area contributed by atoms with E-state index < -0.39 is 0 Å². The second kappa shape index (κ2) is 3.33. The minimum Gasteiger partial charge on any atom is -0.464 e. The third kappa shape index (κ3) is 1.46. The third-order valence-electron chi connectivity index (χ3n) is 2.60. The third-order valence-corrected chi connectivity index (χ3v) is 2.60. The lowest BCUT2D eigenvalue weighted by molar-refractivity contribution is 0.580. The van der Waals surface area contributed by atoms with Crippen LogP contribution in [0.1, 0.15) is 16.7 Å². The lowest BCUT2D eigenvalue weighted by Gasteiger charge is -2.04. The quantitative estimate of drug-likeness (QED) is 0.658. The Labute approximate surface area is 84.4 Å². The molecule has 0 radical (unpaired) electrons. The molecule has 0 unspecified atom stereocenters. The van der Waals surface area contributed by atoms with Crippen molar-refractivity contribution in [1.29, 1.82) is 0 Å². The molecular weight excluding hydrogens is 172 g/mol. The molecule has 1 heterocycles. The Morgan fingerprint density at radius 3 is 2.50 bits per heavy atom. The largest absolute Gasteiger partial charge is 0.464 e. The zero-order chi connectivity index (χ0) is 10.1. The molecule has 0 aliphatic carbocycles. The molecule has 1 aromatic carbocycles. The summed E-state index contributed by atoms with van der Waals surface area (Å²) in [6.07, 6.45) is 1.79. The summed E-state index contributed by atoms with van der Waals surface area (Å²) < 4.78 is 5.49. The van der Waals surface area contributed by atoms with Gasteiger partial charge in [-0.15, -0.1) is 0 Å². The van der Waals surface area contributed by atoms with E-state index >= 15 is 0 Å². The van der Waals surface area contributed by atoms with E-state index in [0.717, 1.165) is 5.76 Å². The summed E-state index contributed by atoms with van der Waals surface area (Å²) in [7, 11) is 0. The van der Waals surface area contributed by atoms with Crippen LogP contribution in [0.15, 0.2) is 34.9 Å². The van der Waals surface area contributed by atoms with Gasteiger partial charge in [0.1, 0.15) is 5.76 Å². The van der Waals surface area contributed by atoms with E-state index in [0.29, 0.717) is 0 Å². The van der Waals surface area contributed by atoms with Crippen molar-refractivity contribution in [3.63, 3.8) is 0 Å². The lowest BCUT2D eigenvalue weighted by atomic mass is 10.0. The molecule has 0 spiro atoms. The summed E-state index contributed by atoms with van der Waals surface area (Å²) in [6, 6.07) is 8.35. The summed E-state index contributed by atoms with van der Waals surface area (Å²) in [6.45, 7) is 6.29. The minimum absolute atomic E-state index is 0.962. The maximum absolute atomic E-state index is 5.49. The van der Waals surface area contributed by atoms with E-state index in [9.17, 15) is 0 Å². The van der Waals surface area contributed by atoms with Crippen molar-refractivity contribution in [1.82, 2.24) is 0 Å². The molecule has 0 fully saturated rings. The van der Waals surface area contributed by atoms with E-state index in [1.807, 2.05) is 6.92 Å². The van der Waals surface area contributed by atoms with E-state index in [1.54, 1.807) is 6.26 Å². The lowest BCUT2D eigenvalue weighted by Crippen LogP contribution is -1.84. The van der Waals surface area contributed by atoms with Crippen molar-refractivity contribution in [2.45, 2.75) is 20.8 Å². The zero-order valence-electron chi connectivity index (χ0n) is 8.79. The molecule has 0 saturated heterocycles. The molecule has 1 aromatic heterocycles. The monoisotopic (exact) mass is 186 g/mol. The molecule has 0 bridgehead atoms. The number of furan rings is 1. The second-order valence-electron chi connectivity index (χ2n) is 3.74. The summed E-state index contributed by atoms with van der Waals surface area (Å²) in [5.41, 5.74) is 4.96. The minimum atomic E-state index is 0.962. The van der Waals surface area contributed by atoms with Gasteiger partial charge in [0.25, 0.3) is 0 Å². The normalized spacial score (nSPS) is 10.5. The van der Waals surface area contributed by atoms with Gasteiger partial charge in [-0.05, 0) is 43.5 Å². The Kier molecular flexibility index (Phi) is 2.16. The molecule has 72 valence electrons. The van der Waals surface area contributed by atoms with Crippen molar-refractivity contribution in [3.05, 3.63) is 47.2 Å². The van der Waals surface area contributed by atoms with Gasteiger partial charge in [0.05, 0.1) is 6.26 Å². The Morgan fingerprint density at radius 1 is 1.07 bits per heavy atom. The molecule has 0 atom stereocenters. The van der Waals surface area contributed by atoms with Gasteiger partial charge in [0.15, 0.2) is 0 Å². The van der Waals surface area contributed by atoms with Crippen LogP contribution in [0.3, 0.4) is 0 Å². The van der Waals surface area contributed by atoms with Gasteiger partial charge < -0.3 is 4.42 Å². The summed E-state index contributed by atoms with van der Waals surface area (Å²) in [5, 5.41) is 0. The van der Waals surface area contributed by atoms with Gasteiger partial charge in [-0.25, -0.2) is 0 Å². The fourth-order valence-electron chi connectivity index (χ4n) is 1.59. The SMILES string of the molecule is Cc1coc(-c2cccc(C)c2C)c1. The van der Waals surface area contributed by atoms with Crippen molar-refractivity contribution in [2.75, 3.05) is 0 Å². The molecule has 0 aliphatic heterocycles. The summed E-state index contributed by atoms with van der Waals surface area (Å²) in [4.78, 5) is 0. The van der Waals surface area contributed by atoms with Gasteiger partial charge >= 0.3 is 0 Å². The molecule has 2 rings (SSSR count). The molecule has 0 aliphatic rings. The molecule has 1 nitrogen and oxygen atoms in total. The van der Waals surface area contributed by atoms with E-state index in [4.69, 9.17) is 4.42 Å². The Balaban J connectivity index is 2.57. The van der Waals surface area contributed by atoms with Crippen LogP contribution in [0.2, 0.25) is 0 Å². The first kappa shape index (κ1) is 9.07. The standard InChI is InChI=1S/C13H14O/c1-9-7-13(14-8-9)12-6-4-5-10(2)11(12)3/h4-8H,1-3H3. The molecule has 2 aromatic rings. The van der Waals surface area contributed by atoms with Crippen molar-refractivity contribution < 1.29 is 4.42 Å². The van der Waals surface area contributed by atoms with E-state index in [1.165, 1.54) is 22.3 Å². The highest BCUT2D eigenvalue weighted by molar-refractivity contribution is 5.64. The van der Waals surface area contributed by atoms with Gasteiger partial charge in [-0.1, -0.05) is 18.2 Å². The first-order chi connectivity index (χ1) is 6.68. The van der Waals surface area contributed by atoms with Crippen LogP contribution < -0.4 is 0 Å². The predicted molar refractivity (Wildman–Crippen MR) is 58.4 cm³/mol. The molecule has 0 amide bonds. The highest BCUT2D eigenvalue weighted by Crippen LogP contribution is 2.26. The van der Waals surface area contributed by atoms with Gasteiger partial charge in [0.2, 0.25) is 0 Å². The van der Waals surface area contributed by atoms with Crippen molar-refractivity contribution in [2.24, 2.45) is 0 Å². The number of aryl methyl sites for hydroxylation is 2. The zero-order valence-corrected chi connectivity index (χ0v) is 8.79. The Morgan fingerprint density at radius 2 is 1.86 bits per heavy atom. The smallest absolute Gasteiger partial charge is 0.134 e. The van der Waals surface area contributed by atoms with E-state index in [-0.39, 0.29) is 0 Å².